The average Bonchev–Trinajstić information content (AvgIpc) is 1.57. The Bertz CT molecular complexity index is 5120. The number of rotatable bonds is 4. The topological polar surface area (TPSA) is 47.9 Å². The molecule has 6 heteroatoms. The number of hydrogen-bond donors (Lipinski definition) is 0. The van der Waals surface area contributed by atoms with E-state index in [4.69, 9.17) is 4.85 Å². The van der Waals surface area contributed by atoms with Crippen molar-refractivity contribution in [3.63, 3.8) is 0 Å². The van der Waals surface area contributed by atoms with Crippen LogP contribution in [0.5, 0.6) is 0 Å². The molecule has 460 valence electrons. The Morgan fingerprint density at radius 1 is 0.286 bits per heavy atom. The minimum Gasteiger partial charge on any atom is -0.318 e. The van der Waals surface area contributed by atoms with Crippen LogP contribution in [0.2, 0.25) is 0 Å². The number of fused-ring (bicyclic) bond motifs is 12. The van der Waals surface area contributed by atoms with Crippen LogP contribution in [0.15, 0.2) is 146 Å². The van der Waals surface area contributed by atoms with Crippen molar-refractivity contribution < 1.29 is 0 Å². The van der Waals surface area contributed by atoms with Crippen LogP contribution in [0.1, 0.15) is 195 Å². The average molecular weight is 1200 g/mol. The smallest absolute Gasteiger partial charge is 0.237 e. The quantitative estimate of drug-likeness (QED) is 0.162. The molecule has 0 saturated heterocycles. The number of hydrogen-bond acceptors (Lipinski definition) is 1. The van der Waals surface area contributed by atoms with Gasteiger partial charge in [0.2, 0.25) is 5.69 Å². The molecule has 4 heterocycles. The van der Waals surface area contributed by atoms with Crippen LogP contribution < -0.4 is 0 Å². The Hall–Kier alpha value is -8.84. The van der Waals surface area contributed by atoms with E-state index in [1.807, 2.05) is 0 Å². The van der Waals surface area contributed by atoms with E-state index in [1.54, 1.807) is 0 Å². The van der Waals surface area contributed by atoms with E-state index in [2.05, 4.69) is 322 Å². The second-order valence-corrected chi connectivity index (χ2v) is 33.6. The number of aromatic nitrogens is 4. The van der Waals surface area contributed by atoms with E-state index in [-0.39, 0.29) is 37.9 Å². The summed E-state index contributed by atoms with van der Waals surface area (Å²) in [4.78, 5) is 4.99. The SMILES string of the molecule is [C-]#[N+]c1c(-n2c3ccc(C(C)(C)C)cc3c3cc(C(C)(C)C)ccc32)c(C#N)c(-n2c3ccc(C(C)(C)C)cc3c3cc(C(C)(C)C)ccc32)c(-n2c3ccc(C(C)(C)C)cc3c3cc(C(C)(C)C)ccc32)c1-n1c2ccc(C)cc2c2cc(C(C)(C)C)ccc21. The van der Waals surface area contributed by atoms with Crippen molar-refractivity contribution in [3.05, 3.63) is 207 Å². The summed E-state index contributed by atoms with van der Waals surface area (Å²) >= 11 is 0. The molecule has 0 aliphatic heterocycles. The fourth-order valence-corrected chi connectivity index (χ4v) is 14.2. The molecule has 0 amide bonds. The lowest BCUT2D eigenvalue weighted by atomic mass is 9.85. The zero-order valence-electron chi connectivity index (χ0n) is 58.0. The highest BCUT2D eigenvalue weighted by atomic mass is 15.1. The summed E-state index contributed by atoms with van der Waals surface area (Å²) in [5, 5.41) is 21.9. The first-order chi connectivity index (χ1) is 42.4. The minimum absolute atomic E-state index is 0.151. The standard InChI is InChI=1S/C85H90N6/c1-49-24-32-66-57(40-49)58-41-50(79(2,3)4)29-37-71(58)90(66)77-74(87-23)75(88-67-33-25-51(80(5,6)7)42-59(67)60-43-52(81(8,9)10)26-34-68(60)88)65(48-86)76(89-69-35-27-53(82(11,12)13)44-61(69)62-45-54(83(14,15)16)28-36-70(62)89)78(77)91-72-38-30-55(84(17,18)19)46-63(72)64-47-56(85(20,21)22)31-39-73(64)91/h24-47H,1-22H3. The number of benzene rings is 9. The summed E-state index contributed by atoms with van der Waals surface area (Å²) in [7, 11) is 0. The van der Waals surface area contributed by atoms with E-state index < -0.39 is 0 Å². The van der Waals surface area contributed by atoms with Gasteiger partial charge in [-0.05, 0) is 181 Å². The van der Waals surface area contributed by atoms with Gasteiger partial charge >= 0.3 is 0 Å². The van der Waals surface area contributed by atoms with Crippen LogP contribution in [0.3, 0.4) is 0 Å². The molecule has 0 fully saturated rings. The van der Waals surface area contributed by atoms with Crippen LogP contribution in [0.4, 0.5) is 5.69 Å². The van der Waals surface area contributed by atoms with Gasteiger partial charge in [0.25, 0.3) is 0 Å². The molecule has 0 N–H and O–H groups in total. The monoisotopic (exact) mass is 1190 g/mol. The molecule has 0 aliphatic rings. The van der Waals surface area contributed by atoms with Gasteiger partial charge in [-0.2, -0.15) is 5.26 Å². The Labute approximate surface area is 539 Å². The first-order valence-electron chi connectivity index (χ1n) is 32.8. The van der Waals surface area contributed by atoms with Gasteiger partial charge in [-0.3, -0.25) is 0 Å². The van der Waals surface area contributed by atoms with E-state index in [9.17, 15) is 11.8 Å². The van der Waals surface area contributed by atoms with E-state index >= 15 is 0 Å². The largest absolute Gasteiger partial charge is 0.318 e. The highest BCUT2D eigenvalue weighted by Crippen LogP contribution is 2.53. The molecule has 91 heavy (non-hydrogen) atoms. The summed E-state index contributed by atoms with van der Waals surface area (Å²) in [5.41, 5.74) is 19.8. The molecule has 0 unspecified atom stereocenters. The summed E-state index contributed by atoms with van der Waals surface area (Å²) in [5.74, 6) is 0. The molecule has 13 rings (SSSR count). The van der Waals surface area contributed by atoms with Crippen molar-refractivity contribution in [1.82, 2.24) is 18.3 Å². The molecule has 0 bridgehead atoms. The van der Waals surface area contributed by atoms with Gasteiger partial charge in [0, 0.05) is 43.1 Å². The van der Waals surface area contributed by atoms with E-state index in [0.717, 1.165) is 98.5 Å². The zero-order chi connectivity index (χ0) is 65.5. The molecular formula is C85H90N6. The van der Waals surface area contributed by atoms with Gasteiger partial charge in [0.1, 0.15) is 6.07 Å². The third-order valence-corrected chi connectivity index (χ3v) is 19.8. The van der Waals surface area contributed by atoms with Crippen molar-refractivity contribution >= 4 is 92.9 Å². The van der Waals surface area contributed by atoms with Gasteiger partial charge in [-0.1, -0.05) is 199 Å². The van der Waals surface area contributed by atoms with Crippen molar-refractivity contribution in [2.24, 2.45) is 0 Å². The molecule has 0 aliphatic carbocycles. The number of nitriles is 1. The predicted molar refractivity (Wildman–Crippen MR) is 390 cm³/mol. The Morgan fingerprint density at radius 3 is 0.725 bits per heavy atom. The molecule has 4 aromatic heterocycles. The van der Waals surface area contributed by atoms with Gasteiger partial charge in [-0.15, -0.1) is 0 Å². The Kier molecular flexibility index (Phi) is 13.5. The molecule has 0 radical (unpaired) electrons. The summed E-state index contributed by atoms with van der Waals surface area (Å²) in [6.07, 6.45) is 0. The van der Waals surface area contributed by atoms with Gasteiger partial charge in [0.05, 0.1) is 79.0 Å². The van der Waals surface area contributed by atoms with Crippen LogP contribution >= 0.6 is 0 Å². The summed E-state index contributed by atoms with van der Waals surface area (Å²) in [6.45, 7) is 60.4. The lowest BCUT2D eigenvalue weighted by Crippen LogP contribution is -2.15. The summed E-state index contributed by atoms with van der Waals surface area (Å²) in [6, 6.07) is 58.6. The van der Waals surface area contributed by atoms with Gasteiger partial charge < -0.3 is 18.3 Å². The normalized spacial score (nSPS) is 13.4. The second kappa shape index (κ2) is 20.1. The maximum absolute atomic E-state index is 13.1. The highest BCUT2D eigenvalue weighted by Gasteiger charge is 2.37. The van der Waals surface area contributed by atoms with Crippen molar-refractivity contribution in [2.45, 2.75) is 190 Å². The van der Waals surface area contributed by atoms with Crippen molar-refractivity contribution in [3.8, 4) is 28.8 Å². The third-order valence-electron chi connectivity index (χ3n) is 19.8. The Balaban J connectivity index is 1.39. The van der Waals surface area contributed by atoms with Gasteiger partial charge in [0.15, 0.2) is 0 Å². The number of aryl methyl sites for hydroxylation is 1. The summed E-state index contributed by atoms with van der Waals surface area (Å²) < 4.78 is 9.57. The molecule has 0 saturated carbocycles. The predicted octanol–water partition coefficient (Wildman–Crippen LogP) is 23.9. The molecule has 6 nitrogen and oxygen atoms in total. The molecule has 0 spiro atoms. The lowest BCUT2D eigenvalue weighted by Gasteiger charge is -2.28. The minimum atomic E-state index is -0.163. The molecule has 13 aromatic rings. The van der Waals surface area contributed by atoms with Crippen LogP contribution in [-0.4, -0.2) is 18.3 Å². The van der Waals surface area contributed by atoms with Crippen LogP contribution in [0, 0.1) is 24.8 Å². The van der Waals surface area contributed by atoms with E-state index in [1.165, 1.54) is 38.9 Å². The van der Waals surface area contributed by atoms with Crippen molar-refractivity contribution in [2.75, 3.05) is 0 Å². The lowest BCUT2D eigenvalue weighted by molar-refractivity contribution is 0.590. The zero-order valence-corrected chi connectivity index (χ0v) is 58.0. The molecule has 9 aromatic carbocycles. The Morgan fingerprint density at radius 2 is 0.495 bits per heavy atom. The van der Waals surface area contributed by atoms with Crippen molar-refractivity contribution in [1.29, 1.82) is 5.26 Å². The highest BCUT2D eigenvalue weighted by molar-refractivity contribution is 6.17. The molecule has 0 atom stereocenters. The first-order valence-corrected chi connectivity index (χ1v) is 32.8. The third kappa shape index (κ3) is 9.68. The first kappa shape index (κ1) is 61.0. The maximum Gasteiger partial charge on any atom is 0.237 e. The van der Waals surface area contributed by atoms with Crippen LogP contribution in [-0.2, 0) is 37.9 Å². The maximum atomic E-state index is 13.1. The van der Waals surface area contributed by atoms with Crippen LogP contribution in [0.25, 0.3) is 115 Å². The molecular weight excluding hydrogens is 1100 g/mol. The fraction of sp³-hybridized carbons (Fsp3) is 0.341. The second-order valence-electron chi connectivity index (χ2n) is 33.6. The van der Waals surface area contributed by atoms with E-state index in [0.29, 0.717) is 28.3 Å². The van der Waals surface area contributed by atoms with Gasteiger partial charge in [-0.25, -0.2) is 4.85 Å². The number of nitrogens with zero attached hydrogens (tertiary/aromatic N) is 6. The fourth-order valence-electron chi connectivity index (χ4n) is 14.2.